The molecular formula is C20H19ClN2O4. The maximum absolute atomic E-state index is 12.7. The molecule has 0 saturated carbocycles. The number of fused-ring (bicyclic) bond motifs is 1. The number of benzene rings is 1. The Morgan fingerprint density at radius 1 is 1.22 bits per heavy atom. The van der Waals surface area contributed by atoms with Crippen LogP contribution < -0.4 is 10.7 Å². The van der Waals surface area contributed by atoms with Gasteiger partial charge in [0.25, 0.3) is 0 Å². The summed E-state index contributed by atoms with van der Waals surface area (Å²) in [7, 11) is 0. The Kier molecular flexibility index (Phi) is 6.21. The molecule has 140 valence electrons. The molecule has 1 aromatic carbocycles. The minimum absolute atomic E-state index is 0.0699. The van der Waals surface area contributed by atoms with Crippen molar-refractivity contribution in [3.05, 3.63) is 74.7 Å². The van der Waals surface area contributed by atoms with E-state index in [4.69, 9.17) is 21.1 Å². The Morgan fingerprint density at radius 3 is 2.74 bits per heavy atom. The lowest BCUT2D eigenvalue weighted by Gasteiger charge is -2.06. The molecule has 2 heterocycles. The van der Waals surface area contributed by atoms with Gasteiger partial charge in [0.05, 0.1) is 11.8 Å². The lowest BCUT2D eigenvalue weighted by molar-refractivity contribution is -0.120. The number of aliphatic hydroxyl groups excluding tert-OH is 1. The summed E-state index contributed by atoms with van der Waals surface area (Å²) in [5.74, 6) is -0.277. The average molecular weight is 387 g/mol. The van der Waals surface area contributed by atoms with Crippen LogP contribution in [0.3, 0.4) is 0 Å². The fraction of sp³-hybridized carbons (Fsp3) is 0.250. The number of rotatable bonds is 7. The van der Waals surface area contributed by atoms with E-state index >= 15 is 0 Å². The number of aliphatic hydroxyl groups is 1. The van der Waals surface area contributed by atoms with Crippen LogP contribution in [0.4, 0.5) is 0 Å². The number of aryl methyl sites for hydroxylation is 1. The van der Waals surface area contributed by atoms with Gasteiger partial charge in [0, 0.05) is 29.9 Å². The lowest BCUT2D eigenvalue weighted by atomic mass is 10.1. The van der Waals surface area contributed by atoms with E-state index in [1.54, 1.807) is 24.4 Å². The summed E-state index contributed by atoms with van der Waals surface area (Å²) in [5.41, 5.74) is 2.00. The number of amides is 1. The largest absolute Gasteiger partial charge is 0.446 e. The first kappa shape index (κ1) is 19.1. The van der Waals surface area contributed by atoms with Gasteiger partial charge >= 0.3 is 0 Å². The van der Waals surface area contributed by atoms with Crippen molar-refractivity contribution in [1.29, 1.82) is 0 Å². The highest BCUT2D eigenvalue weighted by molar-refractivity contribution is 6.30. The summed E-state index contributed by atoms with van der Waals surface area (Å²) in [6.07, 6.45) is 4.04. The average Bonchev–Trinajstić information content (AvgIpc) is 2.68. The summed E-state index contributed by atoms with van der Waals surface area (Å²) in [4.78, 5) is 29.0. The topological polar surface area (TPSA) is 92.4 Å². The minimum atomic E-state index is -0.277. The smallest absolute Gasteiger partial charge is 0.229 e. The summed E-state index contributed by atoms with van der Waals surface area (Å²) >= 11 is 5.84. The molecule has 0 aliphatic carbocycles. The third-order valence-corrected chi connectivity index (χ3v) is 4.39. The second-order valence-corrected chi connectivity index (χ2v) is 6.63. The van der Waals surface area contributed by atoms with Gasteiger partial charge in [0.2, 0.25) is 11.6 Å². The summed E-state index contributed by atoms with van der Waals surface area (Å²) in [6.45, 7) is 0.419. The van der Waals surface area contributed by atoms with Gasteiger partial charge in [-0.1, -0.05) is 23.7 Å². The Morgan fingerprint density at radius 2 is 2.00 bits per heavy atom. The molecule has 27 heavy (non-hydrogen) atoms. The van der Waals surface area contributed by atoms with E-state index in [-0.39, 0.29) is 35.6 Å². The summed E-state index contributed by atoms with van der Waals surface area (Å²) in [6, 6.07) is 8.86. The number of hydrogen-bond acceptors (Lipinski definition) is 5. The van der Waals surface area contributed by atoms with Crippen molar-refractivity contribution in [3.8, 4) is 0 Å². The standard InChI is InChI=1S/C20H19ClN2O4/c21-16-5-3-13(4-6-16)10-22-18(25)9-15-12-27-20-17(19(15)26)8-14(11-23-20)2-1-7-24/h3-6,8,11-12,24H,1-2,7,9-10H2,(H,22,25). The Hall–Kier alpha value is -2.70. The summed E-state index contributed by atoms with van der Waals surface area (Å²) in [5, 5.41) is 12.7. The maximum Gasteiger partial charge on any atom is 0.229 e. The van der Waals surface area contributed by atoms with Gasteiger partial charge in [-0.05, 0) is 42.2 Å². The number of aromatic nitrogens is 1. The maximum atomic E-state index is 12.7. The van der Waals surface area contributed by atoms with E-state index in [0.717, 1.165) is 11.1 Å². The van der Waals surface area contributed by atoms with Gasteiger partial charge in [0.1, 0.15) is 6.26 Å². The van der Waals surface area contributed by atoms with Gasteiger partial charge < -0.3 is 14.8 Å². The van der Waals surface area contributed by atoms with E-state index in [0.29, 0.717) is 29.8 Å². The highest BCUT2D eigenvalue weighted by Crippen LogP contribution is 2.13. The van der Waals surface area contributed by atoms with Crippen LogP contribution in [0.15, 0.2) is 52.0 Å². The van der Waals surface area contributed by atoms with Crippen molar-refractivity contribution >= 4 is 28.6 Å². The molecule has 2 N–H and O–H groups in total. The minimum Gasteiger partial charge on any atom is -0.446 e. The van der Waals surface area contributed by atoms with Crippen LogP contribution in [0, 0.1) is 0 Å². The molecule has 0 saturated heterocycles. The molecule has 3 aromatic rings. The number of carbonyl (C=O) groups is 1. The first-order chi connectivity index (χ1) is 13.1. The van der Waals surface area contributed by atoms with Crippen molar-refractivity contribution in [2.24, 2.45) is 0 Å². The van der Waals surface area contributed by atoms with Crippen LogP contribution in [-0.2, 0) is 24.2 Å². The number of carbonyl (C=O) groups excluding carboxylic acids is 1. The van der Waals surface area contributed by atoms with Crippen molar-refractivity contribution in [3.63, 3.8) is 0 Å². The van der Waals surface area contributed by atoms with E-state index in [1.165, 1.54) is 6.26 Å². The SMILES string of the molecule is O=C(Cc1coc2ncc(CCCO)cc2c1=O)NCc1ccc(Cl)cc1. The van der Waals surface area contributed by atoms with Crippen LogP contribution in [0.2, 0.25) is 5.02 Å². The second kappa shape index (κ2) is 8.79. The molecule has 6 nitrogen and oxygen atoms in total. The number of pyridine rings is 1. The Labute approximate surface area is 160 Å². The van der Waals surface area contributed by atoms with Gasteiger partial charge in [-0.25, -0.2) is 4.98 Å². The third-order valence-electron chi connectivity index (χ3n) is 4.13. The van der Waals surface area contributed by atoms with Gasteiger partial charge in [-0.2, -0.15) is 0 Å². The predicted molar refractivity (Wildman–Crippen MR) is 103 cm³/mol. The number of hydrogen-bond donors (Lipinski definition) is 2. The molecule has 0 fully saturated rings. The van der Waals surface area contributed by atoms with Crippen molar-refractivity contribution in [2.75, 3.05) is 6.61 Å². The van der Waals surface area contributed by atoms with E-state index < -0.39 is 0 Å². The summed E-state index contributed by atoms with van der Waals surface area (Å²) < 4.78 is 5.40. The monoisotopic (exact) mass is 386 g/mol. The molecular weight excluding hydrogens is 368 g/mol. The predicted octanol–water partition coefficient (Wildman–Crippen LogP) is 2.63. The van der Waals surface area contributed by atoms with Crippen LogP contribution in [-0.4, -0.2) is 22.6 Å². The fourth-order valence-corrected chi connectivity index (χ4v) is 2.81. The molecule has 0 aliphatic rings. The van der Waals surface area contributed by atoms with Crippen LogP contribution in [0.1, 0.15) is 23.1 Å². The van der Waals surface area contributed by atoms with Crippen molar-refractivity contribution in [2.45, 2.75) is 25.8 Å². The first-order valence-electron chi connectivity index (χ1n) is 8.58. The quantitative estimate of drug-likeness (QED) is 0.651. The molecule has 2 aromatic heterocycles. The van der Waals surface area contributed by atoms with Gasteiger partial charge in [-0.15, -0.1) is 0 Å². The van der Waals surface area contributed by atoms with Crippen LogP contribution in [0.25, 0.3) is 11.1 Å². The normalized spacial score (nSPS) is 10.9. The first-order valence-corrected chi connectivity index (χ1v) is 8.96. The Bertz CT molecular complexity index is 999. The third kappa shape index (κ3) is 4.93. The van der Waals surface area contributed by atoms with Crippen molar-refractivity contribution in [1.82, 2.24) is 10.3 Å². The molecule has 0 radical (unpaired) electrons. The highest BCUT2D eigenvalue weighted by Gasteiger charge is 2.12. The lowest BCUT2D eigenvalue weighted by Crippen LogP contribution is -2.26. The highest BCUT2D eigenvalue weighted by atomic mass is 35.5. The molecule has 0 unspecified atom stereocenters. The zero-order valence-electron chi connectivity index (χ0n) is 14.6. The zero-order valence-corrected chi connectivity index (χ0v) is 15.3. The van der Waals surface area contributed by atoms with Crippen LogP contribution in [0.5, 0.6) is 0 Å². The van der Waals surface area contributed by atoms with E-state index in [2.05, 4.69) is 10.3 Å². The van der Waals surface area contributed by atoms with E-state index in [1.807, 2.05) is 12.1 Å². The molecule has 1 amide bonds. The fourth-order valence-electron chi connectivity index (χ4n) is 2.69. The van der Waals surface area contributed by atoms with Crippen molar-refractivity contribution < 1.29 is 14.3 Å². The Balaban J connectivity index is 1.71. The van der Waals surface area contributed by atoms with Crippen LogP contribution >= 0.6 is 11.6 Å². The molecule has 0 aliphatic heterocycles. The number of nitrogens with one attached hydrogen (secondary N) is 1. The molecule has 0 bridgehead atoms. The number of nitrogens with zero attached hydrogens (tertiary/aromatic N) is 1. The second-order valence-electron chi connectivity index (χ2n) is 6.19. The van der Waals surface area contributed by atoms with Gasteiger partial charge in [0.15, 0.2) is 5.43 Å². The zero-order chi connectivity index (χ0) is 19.2. The molecule has 0 spiro atoms. The van der Waals surface area contributed by atoms with Gasteiger partial charge in [-0.3, -0.25) is 9.59 Å². The molecule has 0 atom stereocenters. The molecule has 7 heteroatoms. The van der Waals surface area contributed by atoms with E-state index in [9.17, 15) is 9.59 Å². The number of halogens is 1. The molecule has 3 rings (SSSR count).